The maximum Gasteiger partial charge on any atom is 0.255 e. The zero-order chi connectivity index (χ0) is 68.5. The molecule has 93 heavy (non-hydrogen) atoms. The van der Waals surface area contributed by atoms with E-state index in [1.54, 1.807) is 67.6 Å². The Kier molecular flexibility index (Phi) is 27.3. The fourth-order valence-corrected chi connectivity index (χ4v) is 12.7. The molecule has 12 atom stereocenters. The van der Waals surface area contributed by atoms with Crippen molar-refractivity contribution in [3.8, 4) is 0 Å². The number of nitrogens with one attached hydrogen (secondary N) is 6. The summed E-state index contributed by atoms with van der Waals surface area (Å²) in [7, 11) is 4.26. The van der Waals surface area contributed by atoms with Crippen LogP contribution < -0.4 is 31.9 Å². The third-order valence-electron chi connectivity index (χ3n) is 18.4. The summed E-state index contributed by atoms with van der Waals surface area (Å²) in [5.74, 6) is -10.0. The van der Waals surface area contributed by atoms with Gasteiger partial charge in [-0.25, -0.2) is 0 Å². The van der Waals surface area contributed by atoms with Gasteiger partial charge in [0, 0.05) is 60.2 Å². The number of piperidine rings is 1. The zero-order valence-corrected chi connectivity index (χ0v) is 56.5. The molecule has 4 aliphatic rings. The molecule has 12 amide bonds. The predicted octanol–water partition coefficient (Wildman–Crippen LogP) is 1.68. The van der Waals surface area contributed by atoms with Crippen molar-refractivity contribution < 1.29 is 62.6 Å². The van der Waals surface area contributed by atoms with E-state index in [-0.39, 0.29) is 88.9 Å². The van der Waals surface area contributed by atoms with Gasteiger partial charge in [-0.2, -0.15) is 0 Å². The minimum atomic E-state index is -1.87. The van der Waals surface area contributed by atoms with E-state index in [2.05, 4.69) is 31.9 Å². The highest BCUT2D eigenvalue weighted by atomic mass is 16.3. The molecule has 0 saturated carbocycles. The van der Waals surface area contributed by atoms with Crippen LogP contribution in [0.5, 0.6) is 0 Å². The molecule has 0 radical (unpaired) electrons. The van der Waals surface area contributed by atoms with Crippen molar-refractivity contribution in [3.05, 3.63) is 71.8 Å². The van der Waals surface area contributed by atoms with Crippen molar-refractivity contribution in [2.24, 2.45) is 23.7 Å². The van der Waals surface area contributed by atoms with Crippen LogP contribution in [0.25, 0.3) is 0 Å². The zero-order valence-electron chi connectivity index (χ0n) is 56.5. The number of rotatable bonds is 14. The molecule has 25 heteroatoms. The Balaban J connectivity index is 1.44. The Hall–Kier alpha value is -7.96. The van der Waals surface area contributed by atoms with Crippen LogP contribution in [0.4, 0.5) is 0 Å². The summed E-state index contributed by atoms with van der Waals surface area (Å²) < 4.78 is 0. The normalized spacial score (nSPS) is 27.0. The number of nitrogens with zero attached hydrogens (tertiary/aromatic N) is 6. The minimum absolute atomic E-state index is 0.00449. The van der Waals surface area contributed by atoms with Crippen LogP contribution in [0.2, 0.25) is 0 Å². The van der Waals surface area contributed by atoms with Crippen LogP contribution in [0.15, 0.2) is 60.7 Å². The molecule has 6 rings (SSSR count). The minimum Gasteiger partial charge on any atom is -0.391 e. The Morgan fingerprint density at radius 2 is 0.989 bits per heavy atom. The molecule has 25 nitrogen and oxygen atoms in total. The van der Waals surface area contributed by atoms with Gasteiger partial charge in [0.25, 0.3) is 11.8 Å². The first kappa shape index (κ1) is 74.1. The lowest BCUT2D eigenvalue weighted by molar-refractivity contribution is -0.156. The van der Waals surface area contributed by atoms with Gasteiger partial charge in [0.05, 0.1) is 12.6 Å². The maximum atomic E-state index is 15.2. The topological polar surface area (TPSA) is 317 Å². The van der Waals surface area contributed by atoms with Crippen LogP contribution in [0.1, 0.15) is 138 Å². The van der Waals surface area contributed by atoms with Gasteiger partial charge in [0.1, 0.15) is 54.4 Å². The Labute approximate surface area is 547 Å². The monoisotopic (exact) mass is 1290 g/mol. The van der Waals surface area contributed by atoms with E-state index < -0.39 is 150 Å². The number of aliphatic hydroxyl groups is 1. The lowest BCUT2D eigenvalue weighted by Gasteiger charge is -2.43. The van der Waals surface area contributed by atoms with Crippen LogP contribution >= 0.6 is 0 Å². The number of carbonyl (C=O) groups is 12. The molecular formula is C68H102N12O13. The number of hydrogen-bond donors (Lipinski definition) is 7. The number of hydrogen-bond acceptors (Lipinski definition) is 13. The molecule has 4 aliphatic heterocycles. The predicted molar refractivity (Wildman–Crippen MR) is 347 cm³/mol. The van der Waals surface area contributed by atoms with Gasteiger partial charge in [-0.1, -0.05) is 122 Å². The lowest BCUT2D eigenvalue weighted by atomic mass is 9.94. The summed E-state index contributed by atoms with van der Waals surface area (Å²) in [4.78, 5) is 185. The number of benzene rings is 2. The third kappa shape index (κ3) is 19.6. The van der Waals surface area contributed by atoms with Crippen molar-refractivity contribution >= 4 is 70.9 Å². The van der Waals surface area contributed by atoms with Crippen molar-refractivity contribution in [2.45, 2.75) is 206 Å². The fourth-order valence-electron chi connectivity index (χ4n) is 12.7. The number of amides is 12. The number of carbonyl (C=O) groups excluding carboxylic acids is 12. The van der Waals surface area contributed by atoms with Gasteiger partial charge < -0.3 is 66.4 Å². The summed E-state index contributed by atoms with van der Waals surface area (Å²) >= 11 is 0. The highest BCUT2D eigenvalue weighted by molar-refractivity contribution is 6.09. The standard InChI is InChI=1S/C68H102N12O13/c1-13-43(8)57-63(88)69-39-54(82)75(10)52(35-41(4)5)62(87)73-55(44(9)81)67(92)79-32-23-28-50(79)59(84)70-47(37-45-24-17-14-18-25-45)58(83)74-56(66(91)78-30-21-16-22-31-78)68(93)80-33-29-51(80)60(85)72-49(38-46-26-19-15-20-27-46)64(89)76(11)53(36-42(6)7)61(86)71-48(34-40(2)3)65(90)77(57)12/h14-15,17-20,24-27,40-44,47-53,55-57,81H,13,16,21-23,28-39H2,1-12H3,(H,69,88)(H,70,84)(H,71,86)(H,72,85)(H,73,87)(H,74,83)/t43-,44+,47?,48-,49-,50-,51-,52-,53-,55-,56+,57-/m0/s1. The highest BCUT2D eigenvalue weighted by Gasteiger charge is 2.48. The largest absolute Gasteiger partial charge is 0.391 e. The molecular weight excluding hydrogens is 1190 g/mol. The van der Waals surface area contributed by atoms with Crippen LogP contribution in [0.3, 0.4) is 0 Å². The molecule has 4 fully saturated rings. The molecule has 7 N–H and O–H groups in total. The summed E-state index contributed by atoms with van der Waals surface area (Å²) in [6.07, 6.45) is 1.67. The first-order valence-corrected chi connectivity index (χ1v) is 33.3. The van der Waals surface area contributed by atoms with Crippen molar-refractivity contribution in [1.82, 2.24) is 61.3 Å². The first-order valence-electron chi connectivity index (χ1n) is 33.3. The summed E-state index contributed by atoms with van der Waals surface area (Å²) in [5.41, 5.74) is 1.25. The molecule has 2 aromatic rings. The van der Waals surface area contributed by atoms with Crippen LogP contribution in [-0.2, 0) is 70.4 Å². The first-order chi connectivity index (χ1) is 44.0. The van der Waals surface area contributed by atoms with Crippen LogP contribution in [-0.4, -0.2) is 226 Å². The number of aliphatic hydroxyl groups excluding tert-OH is 1. The second-order valence-corrected chi connectivity index (χ2v) is 27.0. The summed E-state index contributed by atoms with van der Waals surface area (Å²) in [5, 5.41) is 27.8. The highest BCUT2D eigenvalue weighted by Crippen LogP contribution is 2.26. The van der Waals surface area contributed by atoms with Gasteiger partial charge in [0.2, 0.25) is 59.1 Å². The van der Waals surface area contributed by atoms with Gasteiger partial charge >= 0.3 is 0 Å². The molecule has 0 aliphatic carbocycles. The van der Waals surface area contributed by atoms with E-state index in [9.17, 15) is 53.1 Å². The second kappa shape index (κ2) is 34.3. The molecule has 4 heterocycles. The van der Waals surface area contributed by atoms with Crippen molar-refractivity contribution in [3.63, 3.8) is 0 Å². The van der Waals surface area contributed by atoms with Gasteiger partial charge in [-0.15, -0.1) is 0 Å². The van der Waals surface area contributed by atoms with E-state index >= 15 is 9.59 Å². The van der Waals surface area contributed by atoms with Gasteiger partial charge in [-0.05, 0) is 99.5 Å². The molecule has 512 valence electrons. The average Bonchev–Trinajstić information content (AvgIpc) is 1.11. The Bertz CT molecular complexity index is 2960. The Morgan fingerprint density at radius 3 is 1.52 bits per heavy atom. The molecule has 0 bridgehead atoms. The molecule has 0 spiro atoms. The van der Waals surface area contributed by atoms with Crippen LogP contribution in [0, 0.1) is 23.7 Å². The van der Waals surface area contributed by atoms with Crippen molar-refractivity contribution in [2.75, 3.05) is 53.9 Å². The van der Waals surface area contributed by atoms with E-state index in [1.165, 1.54) is 52.6 Å². The van der Waals surface area contributed by atoms with E-state index in [0.717, 1.165) is 11.3 Å². The molecule has 2 aromatic carbocycles. The molecule has 4 saturated heterocycles. The number of fused-ring (bicyclic) bond motifs is 2. The van der Waals surface area contributed by atoms with E-state index in [0.29, 0.717) is 36.8 Å². The fraction of sp³-hybridized carbons (Fsp3) is 0.647. The van der Waals surface area contributed by atoms with E-state index in [4.69, 9.17) is 0 Å². The lowest BCUT2D eigenvalue weighted by Crippen LogP contribution is -2.67. The quantitative estimate of drug-likeness (QED) is 0.133. The number of likely N-dealkylation sites (N-methyl/N-ethyl adjacent to an activating group) is 3. The molecule has 0 aromatic heterocycles. The third-order valence-corrected chi connectivity index (χ3v) is 18.4. The van der Waals surface area contributed by atoms with Crippen molar-refractivity contribution in [1.29, 1.82) is 0 Å². The van der Waals surface area contributed by atoms with E-state index in [1.807, 2.05) is 48.5 Å². The van der Waals surface area contributed by atoms with Gasteiger partial charge in [0.15, 0.2) is 6.04 Å². The summed E-state index contributed by atoms with van der Waals surface area (Å²) in [6, 6.07) is 4.03. The number of likely N-dealkylation sites (tertiary alicyclic amines) is 1. The average molecular weight is 1300 g/mol. The summed E-state index contributed by atoms with van der Waals surface area (Å²) in [6.45, 7) is 16.0. The second-order valence-electron chi connectivity index (χ2n) is 27.0. The Morgan fingerprint density at radius 1 is 0.495 bits per heavy atom. The van der Waals surface area contributed by atoms with Gasteiger partial charge in [-0.3, -0.25) is 57.5 Å². The molecule has 1 unspecified atom stereocenters. The smallest absolute Gasteiger partial charge is 0.255 e. The SMILES string of the molecule is CC[C@H](C)[C@H]1C(=O)NCC(=O)N(C)[C@@H](CC(C)C)C(=O)N[C@@H]([C@@H](C)O)C(=O)N2CCC[C@H]2C(=O)NC(Cc2ccccc2)C(=O)N[C@H](C(=O)N2CCCCC2)C(=O)N2CC[C@H]2C(=O)N[C@@H](Cc2ccccc2)C(=O)N(C)[C@@H](CC(C)C)C(=O)N[C@@H](CC(C)C)C(=O)N1C. The maximum absolute atomic E-state index is 15.2.